The van der Waals surface area contributed by atoms with Crippen LogP contribution in [0.2, 0.25) is 0 Å². The van der Waals surface area contributed by atoms with Gasteiger partial charge in [-0.15, -0.1) is 0 Å². The molecule has 0 saturated heterocycles. The molecule has 0 aromatic heterocycles. The second kappa shape index (κ2) is 5.71. The normalized spacial score (nSPS) is 26.0. The second-order valence-corrected chi connectivity index (χ2v) is 6.75. The topological polar surface area (TPSA) is 17.1 Å². The Kier molecular flexibility index (Phi) is 4.04. The molecule has 1 nitrogen and oxygen atoms in total. The fourth-order valence-corrected chi connectivity index (χ4v) is 4.57. The highest BCUT2D eigenvalue weighted by Crippen LogP contribution is 2.51. The molecule has 1 saturated carbocycles. The van der Waals surface area contributed by atoms with Gasteiger partial charge in [0, 0.05) is 11.8 Å². The van der Waals surface area contributed by atoms with Crippen LogP contribution in [0.25, 0.3) is 0 Å². The van der Waals surface area contributed by atoms with Crippen LogP contribution < -0.4 is 0 Å². The van der Waals surface area contributed by atoms with Crippen molar-refractivity contribution in [1.82, 2.24) is 0 Å². The summed E-state index contributed by atoms with van der Waals surface area (Å²) in [6, 6.07) is 7.80. The zero-order chi connectivity index (χ0) is 15.8. The molecule has 1 atom stereocenters. The molecule has 0 aliphatic heterocycles. The number of carbonyl (C=O) groups is 1. The Hall–Kier alpha value is -1.32. The quantitative estimate of drug-likeness (QED) is 0.770. The Morgan fingerprint density at radius 1 is 1.14 bits per heavy atom. The number of aryl methyl sites for hydroxylation is 1. The van der Waals surface area contributed by atoms with Crippen molar-refractivity contribution < 1.29 is 18.0 Å². The lowest BCUT2D eigenvalue weighted by atomic mass is 9.60. The number of halogens is 3. The highest BCUT2D eigenvalue weighted by molar-refractivity contribution is 5.85. The van der Waals surface area contributed by atoms with Crippen molar-refractivity contribution in [2.24, 2.45) is 5.92 Å². The standard InChI is InChI=1S/C18H21F3O/c19-18(20,21)16(22)12-17(14-8-2-3-9-14)11-5-7-13-6-1-4-10-15(13)17/h1,4,6,10,14H,2-3,5,7-9,11-12H2. The maximum Gasteiger partial charge on any atom is 0.450 e. The number of hydrogen-bond donors (Lipinski definition) is 0. The molecule has 4 heteroatoms. The van der Waals surface area contributed by atoms with Crippen LogP contribution in [0.5, 0.6) is 0 Å². The molecule has 1 unspecified atom stereocenters. The second-order valence-electron chi connectivity index (χ2n) is 6.75. The molecular formula is C18H21F3O. The van der Waals surface area contributed by atoms with E-state index < -0.39 is 17.4 Å². The average molecular weight is 310 g/mol. The van der Waals surface area contributed by atoms with Gasteiger partial charge in [0.25, 0.3) is 0 Å². The van der Waals surface area contributed by atoms with E-state index in [0.29, 0.717) is 6.42 Å². The first-order valence-electron chi connectivity index (χ1n) is 8.12. The van der Waals surface area contributed by atoms with Gasteiger partial charge in [-0.3, -0.25) is 4.79 Å². The Morgan fingerprint density at radius 2 is 1.82 bits per heavy atom. The van der Waals surface area contributed by atoms with Crippen molar-refractivity contribution in [3.63, 3.8) is 0 Å². The zero-order valence-electron chi connectivity index (χ0n) is 12.6. The average Bonchev–Trinajstić information content (AvgIpc) is 3.01. The van der Waals surface area contributed by atoms with Crippen LogP contribution in [0.1, 0.15) is 56.1 Å². The van der Waals surface area contributed by atoms with Gasteiger partial charge in [0.15, 0.2) is 0 Å². The van der Waals surface area contributed by atoms with Crippen molar-refractivity contribution in [2.45, 2.75) is 63.0 Å². The van der Waals surface area contributed by atoms with Crippen molar-refractivity contribution in [3.8, 4) is 0 Å². The molecule has 3 rings (SSSR count). The molecule has 1 fully saturated rings. The molecule has 0 N–H and O–H groups in total. The molecule has 2 aliphatic carbocycles. The lowest BCUT2D eigenvalue weighted by Crippen LogP contribution is -2.42. The summed E-state index contributed by atoms with van der Waals surface area (Å²) in [5.74, 6) is -1.35. The third-order valence-electron chi connectivity index (χ3n) is 5.55. The van der Waals surface area contributed by atoms with Gasteiger partial charge in [-0.05, 0) is 49.1 Å². The predicted octanol–water partition coefficient (Wildman–Crippen LogP) is 4.97. The molecular weight excluding hydrogens is 289 g/mol. The van der Waals surface area contributed by atoms with Crippen LogP contribution in [0.3, 0.4) is 0 Å². The largest absolute Gasteiger partial charge is 0.450 e. The summed E-state index contributed by atoms with van der Waals surface area (Å²) in [5, 5.41) is 0. The van der Waals surface area contributed by atoms with Gasteiger partial charge >= 0.3 is 6.18 Å². The number of alkyl halides is 3. The van der Waals surface area contributed by atoms with Crippen LogP contribution in [0.15, 0.2) is 24.3 Å². The third kappa shape index (κ3) is 2.68. The molecule has 1 aromatic rings. The fraction of sp³-hybridized carbons (Fsp3) is 0.611. The van der Waals surface area contributed by atoms with Crippen LogP contribution in [0, 0.1) is 5.92 Å². The molecule has 1 aromatic carbocycles. The van der Waals surface area contributed by atoms with Crippen LogP contribution in [-0.4, -0.2) is 12.0 Å². The van der Waals surface area contributed by atoms with E-state index in [0.717, 1.165) is 49.7 Å². The van der Waals surface area contributed by atoms with Gasteiger partial charge in [-0.1, -0.05) is 37.1 Å². The number of ketones is 1. The van der Waals surface area contributed by atoms with E-state index in [2.05, 4.69) is 0 Å². The van der Waals surface area contributed by atoms with Gasteiger partial charge in [0.1, 0.15) is 0 Å². The Balaban J connectivity index is 2.03. The smallest absolute Gasteiger partial charge is 0.290 e. The van der Waals surface area contributed by atoms with E-state index in [9.17, 15) is 18.0 Å². The van der Waals surface area contributed by atoms with E-state index in [-0.39, 0.29) is 12.3 Å². The molecule has 0 amide bonds. The first-order valence-corrected chi connectivity index (χ1v) is 8.12. The highest BCUT2D eigenvalue weighted by atomic mass is 19.4. The Bertz CT molecular complexity index is 558. The minimum absolute atomic E-state index is 0.209. The third-order valence-corrected chi connectivity index (χ3v) is 5.55. The van der Waals surface area contributed by atoms with Crippen molar-refractivity contribution >= 4 is 5.78 Å². The van der Waals surface area contributed by atoms with Gasteiger partial charge in [0.05, 0.1) is 0 Å². The maximum absolute atomic E-state index is 12.9. The number of hydrogen-bond acceptors (Lipinski definition) is 1. The molecule has 2 aliphatic rings. The van der Waals surface area contributed by atoms with E-state index in [4.69, 9.17) is 0 Å². The minimum Gasteiger partial charge on any atom is -0.290 e. The van der Waals surface area contributed by atoms with Gasteiger partial charge in [0.2, 0.25) is 5.78 Å². The SMILES string of the molecule is O=C(CC1(C2CCCC2)CCCc2ccccc21)C(F)(F)F. The summed E-state index contributed by atoms with van der Waals surface area (Å²) in [5.41, 5.74) is 1.54. The van der Waals surface area contributed by atoms with E-state index in [1.807, 2.05) is 24.3 Å². The van der Waals surface area contributed by atoms with E-state index >= 15 is 0 Å². The first kappa shape index (κ1) is 15.6. The fourth-order valence-electron chi connectivity index (χ4n) is 4.57. The van der Waals surface area contributed by atoms with Crippen molar-refractivity contribution in [1.29, 1.82) is 0 Å². The summed E-state index contributed by atoms with van der Waals surface area (Å²) in [6.07, 6.45) is 1.40. The highest BCUT2D eigenvalue weighted by Gasteiger charge is 2.50. The number of Topliss-reactive ketones (excluding diaryl/α,β-unsaturated/α-hetero) is 1. The molecule has 0 spiro atoms. The lowest BCUT2D eigenvalue weighted by Gasteiger charge is -2.44. The van der Waals surface area contributed by atoms with Gasteiger partial charge < -0.3 is 0 Å². The number of carbonyl (C=O) groups excluding carboxylic acids is 1. The van der Waals surface area contributed by atoms with Crippen LogP contribution in [0.4, 0.5) is 13.2 Å². The van der Waals surface area contributed by atoms with Crippen molar-refractivity contribution in [3.05, 3.63) is 35.4 Å². The first-order chi connectivity index (χ1) is 10.4. The summed E-state index contributed by atoms with van der Waals surface area (Å²) in [7, 11) is 0. The van der Waals surface area contributed by atoms with E-state index in [1.165, 1.54) is 0 Å². The summed E-state index contributed by atoms with van der Waals surface area (Å²) >= 11 is 0. The number of fused-ring (bicyclic) bond motifs is 1. The molecule has 0 heterocycles. The molecule has 22 heavy (non-hydrogen) atoms. The summed E-state index contributed by atoms with van der Waals surface area (Å²) < 4.78 is 38.7. The maximum atomic E-state index is 12.9. The lowest BCUT2D eigenvalue weighted by molar-refractivity contribution is -0.173. The molecule has 0 radical (unpaired) electrons. The van der Waals surface area contributed by atoms with Crippen LogP contribution in [-0.2, 0) is 16.6 Å². The van der Waals surface area contributed by atoms with Gasteiger partial charge in [-0.25, -0.2) is 0 Å². The Labute approximate surface area is 128 Å². The summed E-state index contributed by atoms with van der Waals surface area (Å²) in [4.78, 5) is 11.8. The van der Waals surface area contributed by atoms with Crippen molar-refractivity contribution in [2.75, 3.05) is 0 Å². The van der Waals surface area contributed by atoms with E-state index in [1.54, 1.807) is 0 Å². The predicted molar refractivity (Wildman–Crippen MR) is 78.7 cm³/mol. The van der Waals surface area contributed by atoms with Gasteiger partial charge in [-0.2, -0.15) is 13.2 Å². The van der Waals surface area contributed by atoms with Crippen LogP contribution >= 0.6 is 0 Å². The number of rotatable bonds is 3. The summed E-state index contributed by atoms with van der Waals surface area (Å²) in [6.45, 7) is 0. The number of benzene rings is 1. The Morgan fingerprint density at radius 3 is 2.50 bits per heavy atom. The zero-order valence-corrected chi connectivity index (χ0v) is 12.6. The minimum atomic E-state index is -4.72. The molecule has 0 bridgehead atoms. The molecule has 120 valence electrons. The monoisotopic (exact) mass is 310 g/mol.